The first-order valence-corrected chi connectivity index (χ1v) is 6.46. The molecule has 1 aromatic rings. The highest BCUT2D eigenvalue weighted by Gasteiger charge is 2.30. The molecule has 92 valence electrons. The molecule has 0 amide bonds. The molecule has 0 spiro atoms. The van der Waals surface area contributed by atoms with Crippen molar-refractivity contribution in [3.63, 3.8) is 0 Å². The van der Waals surface area contributed by atoms with E-state index in [4.69, 9.17) is 4.74 Å². The van der Waals surface area contributed by atoms with Gasteiger partial charge in [-0.3, -0.25) is 4.79 Å². The van der Waals surface area contributed by atoms with Crippen LogP contribution < -0.4 is 4.74 Å². The summed E-state index contributed by atoms with van der Waals surface area (Å²) in [6.45, 7) is 4.84. The monoisotopic (exact) mass is 232 g/mol. The fourth-order valence-corrected chi connectivity index (χ4v) is 2.51. The van der Waals surface area contributed by atoms with Crippen molar-refractivity contribution in [3.8, 4) is 5.75 Å². The molecule has 0 N–H and O–H groups in total. The molecule has 0 bridgehead atoms. The van der Waals surface area contributed by atoms with Crippen LogP contribution in [0.1, 0.15) is 44.6 Å². The largest absolute Gasteiger partial charge is 0.492 e. The zero-order chi connectivity index (χ0) is 12.3. The standard InChI is InChI=1S/C15H20O2/c1-3-6-11(2)9-14(16)13-10-17-15-8-5-4-7-12(13)15/h4-5,7-8,11,13H,3,6,9-10H2,1-2H3. The smallest absolute Gasteiger partial charge is 0.144 e. The fraction of sp³-hybridized carbons (Fsp3) is 0.533. The number of carbonyl (C=O) groups is 1. The van der Waals surface area contributed by atoms with Crippen molar-refractivity contribution in [3.05, 3.63) is 29.8 Å². The zero-order valence-electron chi connectivity index (χ0n) is 10.6. The molecule has 0 aromatic heterocycles. The van der Waals surface area contributed by atoms with Crippen LogP contribution in [0, 0.1) is 5.92 Å². The highest BCUT2D eigenvalue weighted by Crippen LogP contribution is 2.35. The minimum atomic E-state index is -0.0366. The van der Waals surface area contributed by atoms with Crippen LogP contribution in [0.25, 0.3) is 0 Å². The molecule has 2 nitrogen and oxygen atoms in total. The maximum atomic E-state index is 12.2. The first-order chi connectivity index (χ1) is 8.22. The number of benzene rings is 1. The molecule has 0 saturated heterocycles. The number of para-hydroxylation sites is 1. The van der Waals surface area contributed by atoms with E-state index >= 15 is 0 Å². The summed E-state index contributed by atoms with van der Waals surface area (Å²) in [5, 5.41) is 0. The predicted octanol–water partition coefficient (Wildman–Crippen LogP) is 3.56. The van der Waals surface area contributed by atoms with Crippen LogP contribution in [0.4, 0.5) is 0 Å². The minimum Gasteiger partial charge on any atom is -0.492 e. The van der Waals surface area contributed by atoms with Gasteiger partial charge in [0.2, 0.25) is 0 Å². The third-order valence-corrected chi connectivity index (χ3v) is 3.42. The van der Waals surface area contributed by atoms with Crippen molar-refractivity contribution in [2.75, 3.05) is 6.61 Å². The number of rotatable bonds is 5. The lowest BCUT2D eigenvalue weighted by Crippen LogP contribution is -2.16. The molecule has 1 aliphatic heterocycles. The van der Waals surface area contributed by atoms with Gasteiger partial charge in [0.05, 0.1) is 5.92 Å². The molecule has 17 heavy (non-hydrogen) atoms. The lowest BCUT2D eigenvalue weighted by atomic mass is 9.89. The summed E-state index contributed by atoms with van der Waals surface area (Å²) in [7, 11) is 0. The summed E-state index contributed by atoms with van der Waals surface area (Å²) in [6, 6.07) is 7.88. The molecule has 0 radical (unpaired) electrons. The van der Waals surface area contributed by atoms with Crippen LogP contribution in [0.15, 0.2) is 24.3 Å². The number of fused-ring (bicyclic) bond motifs is 1. The summed E-state index contributed by atoms with van der Waals surface area (Å²) >= 11 is 0. The average Bonchev–Trinajstić information content (AvgIpc) is 2.72. The number of hydrogen-bond donors (Lipinski definition) is 0. The molecule has 0 fully saturated rings. The van der Waals surface area contributed by atoms with Crippen LogP contribution in [-0.4, -0.2) is 12.4 Å². The van der Waals surface area contributed by atoms with E-state index in [0.717, 1.165) is 24.2 Å². The van der Waals surface area contributed by atoms with E-state index < -0.39 is 0 Å². The van der Waals surface area contributed by atoms with E-state index in [-0.39, 0.29) is 5.92 Å². The minimum absolute atomic E-state index is 0.0366. The van der Waals surface area contributed by atoms with Crippen LogP contribution in [0.3, 0.4) is 0 Å². The van der Waals surface area contributed by atoms with Crippen molar-refractivity contribution < 1.29 is 9.53 Å². The van der Waals surface area contributed by atoms with Gasteiger partial charge in [0.25, 0.3) is 0 Å². The van der Waals surface area contributed by atoms with Crippen LogP contribution >= 0.6 is 0 Å². The van der Waals surface area contributed by atoms with Gasteiger partial charge in [-0.05, 0) is 12.0 Å². The molecule has 2 atom stereocenters. The van der Waals surface area contributed by atoms with Gasteiger partial charge in [0.1, 0.15) is 18.1 Å². The van der Waals surface area contributed by atoms with Crippen molar-refractivity contribution in [2.45, 2.75) is 39.0 Å². The summed E-state index contributed by atoms with van der Waals surface area (Å²) < 4.78 is 5.55. The summed E-state index contributed by atoms with van der Waals surface area (Å²) in [6.07, 6.45) is 2.95. The Kier molecular flexibility index (Phi) is 3.82. The fourth-order valence-electron chi connectivity index (χ4n) is 2.51. The van der Waals surface area contributed by atoms with Crippen molar-refractivity contribution in [2.24, 2.45) is 5.92 Å². The second-order valence-corrected chi connectivity index (χ2v) is 4.97. The van der Waals surface area contributed by atoms with E-state index in [0.29, 0.717) is 24.7 Å². The number of hydrogen-bond acceptors (Lipinski definition) is 2. The number of carbonyl (C=O) groups excluding carboxylic acids is 1. The van der Waals surface area contributed by atoms with E-state index in [2.05, 4.69) is 13.8 Å². The molecule has 1 heterocycles. The van der Waals surface area contributed by atoms with Gasteiger partial charge in [-0.15, -0.1) is 0 Å². The topological polar surface area (TPSA) is 26.3 Å². The normalized spacial score (nSPS) is 19.5. The predicted molar refractivity (Wildman–Crippen MR) is 68.4 cm³/mol. The highest BCUT2D eigenvalue weighted by molar-refractivity contribution is 5.87. The van der Waals surface area contributed by atoms with Gasteiger partial charge in [0.15, 0.2) is 0 Å². The first-order valence-electron chi connectivity index (χ1n) is 6.46. The van der Waals surface area contributed by atoms with Gasteiger partial charge in [-0.1, -0.05) is 44.9 Å². The van der Waals surface area contributed by atoms with Gasteiger partial charge in [-0.25, -0.2) is 0 Å². The Labute approximate surface area is 103 Å². The van der Waals surface area contributed by atoms with Gasteiger partial charge >= 0.3 is 0 Å². The lowest BCUT2D eigenvalue weighted by Gasteiger charge is -2.12. The van der Waals surface area contributed by atoms with E-state index in [1.54, 1.807) is 0 Å². The highest BCUT2D eigenvalue weighted by atomic mass is 16.5. The molecule has 2 rings (SSSR count). The van der Waals surface area contributed by atoms with Crippen molar-refractivity contribution in [1.82, 2.24) is 0 Å². The number of ether oxygens (including phenoxy) is 1. The molecule has 1 aromatic carbocycles. The van der Waals surface area contributed by atoms with Gasteiger partial charge in [-0.2, -0.15) is 0 Å². The van der Waals surface area contributed by atoms with Crippen molar-refractivity contribution >= 4 is 5.78 Å². The molecule has 1 aliphatic rings. The number of Topliss-reactive ketones (excluding diaryl/α,β-unsaturated/α-hetero) is 1. The third kappa shape index (κ3) is 2.68. The zero-order valence-corrected chi connectivity index (χ0v) is 10.6. The lowest BCUT2D eigenvalue weighted by molar-refractivity contribution is -0.121. The Bertz CT molecular complexity index is 398. The first kappa shape index (κ1) is 12.2. The molecular formula is C15H20O2. The average molecular weight is 232 g/mol. The van der Waals surface area contributed by atoms with Crippen LogP contribution in [-0.2, 0) is 4.79 Å². The molecule has 0 aliphatic carbocycles. The summed E-state index contributed by atoms with van der Waals surface area (Å²) in [4.78, 5) is 12.2. The summed E-state index contributed by atoms with van der Waals surface area (Å²) in [5.41, 5.74) is 1.07. The Morgan fingerprint density at radius 2 is 2.24 bits per heavy atom. The second-order valence-electron chi connectivity index (χ2n) is 4.97. The maximum Gasteiger partial charge on any atom is 0.144 e. The Morgan fingerprint density at radius 3 is 3.00 bits per heavy atom. The van der Waals surface area contributed by atoms with Crippen molar-refractivity contribution in [1.29, 1.82) is 0 Å². The molecule has 2 heteroatoms. The second kappa shape index (κ2) is 5.35. The van der Waals surface area contributed by atoms with Gasteiger partial charge < -0.3 is 4.74 Å². The van der Waals surface area contributed by atoms with E-state index in [9.17, 15) is 4.79 Å². The Hall–Kier alpha value is -1.31. The quantitative estimate of drug-likeness (QED) is 0.776. The van der Waals surface area contributed by atoms with Crippen LogP contribution in [0.2, 0.25) is 0 Å². The maximum absolute atomic E-state index is 12.2. The molecule has 2 unspecified atom stereocenters. The Balaban J connectivity index is 2.02. The van der Waals surface area contributed by atoms with Crippen LogP contribution in [0.5, 0.6) is 5.75 Å². The van der Waals surface area contributed by atoms with E-state index in [1.807, 2.05) is 24.3 Å². The third-order valence-electron chi connectivity index (χ3n) is 3.42. The molecule has 0 saturated carbocycles. The summed E-state index contributed by atoms with van der Waals surface area (Å²) in [5.74, 6) is 1.66. The van der Waals surface area contributed by atoms with Gasteiger partial charge in [0, 0.05) is 12.0 Å². The van der Waals surface area contributed by atoms with E-state index in [1.165, 1.54) is 0 Å². The Morgan fingerprint density at radius 1 is 1.47 bits per heavy atom. The number of ketones is 1. The molecular weight excluding hydrogens is 212 g/mol. The SMILES string of the molecule is CCCC(C)CC(=O)C1COc2ccccc21.